The molecule has 0 saturated carbocycles. The Kier molecular flexibility index (Phi) is 4.23. The molecule has 0 atom stereocenters. The van der Waals surface area contributed by atoms with Gasteiger partial charge in [0.2, 0.25) is 0 Å². The number of fused-ring (bicyclic) bond motifs is 2. The van der Waals surface area contributed by atoms with Crippen LogP contribution in [0, 0.1) is 0 Å². The van der Waals surface area contributed by atoms with E-state index in [2.05, 4.69) is 102 Å². The molecule has 124 valence electrons. The van der Waals surface area contributed by atoms with E-state index in [1.165, 1.54) is 32.2 Å². The molecule has 0 aliphatic rings. The fraction of sp³-hybridized carbons (Fsp3) is 0. The Bertz CT molecular complexity index is 1110. The van der Waals surface area contributed by atoms with Gasteiger partial charge < -0.3 is 0 Å². The molecule has 0 spiro atoms. The molecule has 1 heterocycles. The standard InChI is InChI=1S/C24H17PSe/c1-3-8-20-16-22(13-11-18(20)6-1)25(24-10-5-15-26-24)23-14-12-19-7-2-4-9-21(19)17-23/h1-17H. The van der Waals surface area contributed by atoms with Crippen molar-refractivity contribution in [2.75, 3.05) is 0 Å². The van der Waals surface area contributed by atoms with E-state index in [1.807, 2.05) is 0 Å². The molecule has 0 saturated heterocycles. The zero-order valence-corrected chi connectivity index (χ0v) is 16.8. The van der Waals surface area contributed by atoms with Gasteiger partial charge in [-0.25, -0.2) is 0 Å². The van der Waals surface area contributed by atoms with Gasteiger partial charge in [-0.3, -0.25) is 0 Å². The molecule has 2 heteroatoms. The van der Waals surface area contributed by atoms with E-state index in [4.69, 9.17) is 0 Å². The van der Waals surface area contributed by atoms with Crippen molar-refractivity contribution in [2.45, 2.75) is 0 Å². The second-order valence-corrected chi connectivity index (χ2v) is 11.2. The third kappa shape index (κ3) is 2.93. The summed E-state index contributed by atoms with van der Waals surface area (Å²) < 4.78 is 1.60. The normalized spacial score (nSPS) is 11.4. The number of hydrogen-bond acceptors (Lipinski definition) is 0. The van der Waals surface area contributed by atoms with Crippen LogP contribution in [0.3, 0.4) is 0 Å². The first-order chi connectivity index (χ1) is 12.9. The molecule has 26 heavy (non-hydrogen) atoms. The number of hydrogen-bond donors (Lipinski definition) is 0. The summed E-state index contributed by atoms with van der Waals surface area (Å²) in [5.74, 6) is 0. The molecule has 0 radical (unpaired) electrons. The molecule has 0 aliphatic heterocycles. The van der Waals surface area contributed by atoms with E-state index in [1.54, 1.807) is 4.18 Å². The molecular formula is C24H17PSe. The van der Waals surface area contributed by atoms with Crippen LogP contribution in [-0.2, 0) is 0 Å². The average Bonchev–Trinajstić information content (AvgIpc) is 3.22. The Hall–Kier alpha value is -2.17. The van der Waals surface area contributed by atoms with E-state index < -0.39 is 7.92 Å². The summed E-state index contributed by atoms with van der Waals surface area (Å²) in [5.41, 5.74) is 0. The molecule has 0 N–H and O–H groups in total. The second-order valence-electron chi connectivity index (χ2n) is 6.35. The topological polar surface area (TPSA) is 0 Å². The monoisotopic (exact) mass is 416 g/mol. The van der Waals surface area contributed by atoms with Crippen LogP contribution in [0.5, 0.6) is 0 Å². The van der Waals surface area contributed by atoms with Crippen molar-refractivity contribution in [1.82, 2.24) is 0 Å². The molecule has 5 aromatic rings. The summed E-state index contributed by atoms with van der Waals surface area (Å²) >= 11 is 0.461. The van der Waals surface area contributed by atoms with Crippen molar-refractivity contribution in [1.29, 1.82) is 0 Å². The van der Waals surface area contributed by atoms with E-state index in [0.29, 0.717) is 14.5 Å². The minimum atomic E-state index is -0.472. The molecule has 0 bridgehead atoms. The van der Waals surface area contributed by atoms with Gasteiger partial charge in [-0.2, -0.15) is 0 Å². The van der Waals surface area contributed by atoms with Gasteiger partial charge in [0.1, 0.15) is 0 Å². The first kappa shape index (κ1) is 16.0. The molecule has 0 amide bonds. The van der Waals surface area contributed by atoms with Gasteiger partial charge >= 0.3 is 161 Å². The average molecular weight is 415 g/mol. The Morgan fingerprint density at radius 2 is 1.04 bits per heavy atom. The van der Waals surface area contributed by atoms with Gasteiger partial charge in [0.15, 0.2) is 0 Å². The van der Waals surface area contributed by atoms with Gasteiger partial charge in [-0.15, -0.1) is 0 Å². The van der Waals surface area contributed by atoms with Gasteiger partial charge in [0.25, 0.3) is 0 Å². The van der Waals surface area contributed by atoms with Crippen LogP contribution in [-0.4, -0.2) is 14.5 Å². The van der Waals surface area contributed by atoms with Crippen LogP contribution < -0.4 is 14.8 Å². The number of rotatable bonds is 3. The van der Waals surface area contributed by atoms with Crippen LogP contribution in [0.1, 0.15) is 0 Å². The quantitative estimate of drug-likeness (QED) is 0.293. The SMILES string of the molecule is c1c[se]c(P(c2ccc3ccccc3c2)c2ccc3ccccc3c2)c1. The zero-order chi connectivity index (χ0) is 17.3. The van der Waals surface area contributed by atoms with Crippen molar-refractivity contribution in [3.8, 4) is 0 Å². The van der Waals surface area contributed by atoms with Crippen LogP contribution >= 0.6 is 7.92 Å². The van der Waals surface area contributed by atoms with Crippen molar-refractivity contribution in [3.63, 3.8) is 0 Å². The van der Waals surface area contributed by atoms with Gasteiger partial charge in [0, 0.05) is 0 Å². The van der Waals surface area contributed by atoms with E-state index >= 15 is 0 Å². The van der Waals surface area contributed by atoms with Crippen LogP contribution in [0.25, 0.3) is 21.5 Å². The predicted octanol–water partition coefficient (Wildman–Crippen LogP) is 4.81. The van der Waals surface area contributed by atoms with Crippen molar-refractivity contribution in [3.05, 3.63) is 102 Å². The maximum atomic E-state index is 2.39. The first-order valence-corrected chi connectivity index (χ1v) is 11.9. The fourth-order valence-electron chi connectivity index (χ4n) is 3.43. The maximum absolute atomic E-state index is 2.39. The second kappa shape index (κ2) is 6.86. The van der Waals surface area contributed by atoms with Crippen LogP contribution in [0.15, 0.2) is 102 Å². The van der Waals surface area contributed by atoms with E-state index in [0.717, 1.165) is 0 Å². The predicted molar refractivity (Wildman–Crippen MR) is 117 cm³/mol. The zero-order valence-electron chi connectivity index (χ0n) is 14.2. The molecular weight excluding hydrogens is 398 g/mol. The molecule has 0 unspecified atom stereocenters. The summed E-state index contributed by atoms with van der Waals surface area (Å²) in [7, 11) is -0.472. The summed E-state index contributed by atoms with van der Waals surface area (Å²) in [6, 6.07) is 35.9. The number of benzene rings is 4. The molecule has 0 nitrogen and oxygen atoms in total. The Labute approximate surface area is 160 Å². The third-order valence-corrected chi connectivity index (χ3v) is 9.99. The third-order valence-electron chi connectivity index (χ3n) is 4.71. The fourth-order valence-corrected chi connectivity index (χ4v) is 8.82. The summed E-state index contributed by atoms with van der Waals surface area (Å²) in [5, 5.41) is 8.19. The molecule has 1 aromatic heterocycles. The Morgan fingerprint density at radius 1 is 0.500 bits per heavy atom. The minimum absolute atomic E-state index is 0.461. The van der Waals surface area contributed by atoms with Gasteiger partial charge in [0.05, 0.1) is 0 Å². The Morgan fingerprint density at radius 3 is 1.54 bits per heavy atom. The molecule has 5 rings (SSSR count). The van der Waals surface area contributed by atoms with Crippen LogP contribution in [0.4, 0.5) is 0 Å². The van der Waals surface area contributed by atoms with Gasteiger partial charge in [-0.05, 0) is 0 Å². The molecule has 4 aromatic carbocycles. The summed E-state index contributed by atoms with van der Waals surface area (Å²) in [6.07, 6.45) is 0. The first-order valence-electron chi connectivity index (χ1n) is 8.70. The van der Waals surface area contributed by atoms with E-state index in [9.17, 15) is 0 Å². The molecule has 0 fully saturated rings. The van der Waals surface area contributed by atoms with Gasteiger partial charge in [-0.1, -0.05) is 0 Å². The van der Waals surface area contributed by atoms with Crippen molar-refractivity contribution < 1.29 is 0 Å². The summed E-state index contributed by atoms with van der Waals surface area (Å²) in [4.78, 5) is 2.33. The molecule has 0 aliphatic carbocycles. The van der Waals surface area contributed by atoms with E-state index in [-0.39, 0.29) is 0 Å². The van der Waals surface area contributed by atoms with Crippen molar-refractivity contribution >= 4 is 58.8 Å². The summed E-state index contributed by atoms with van der Waals surface area (Å²) in [6.45, 7) is 0. The van der Waals surface area contributed by atoms with Crippen LogP contribution in [0.2, 0.25) is 0 Å². The Balaban J connectivity index is 1.71. The van der Waals surface area contributed by atoms with Crippen molar-refractivity contribution in [2.24, 2.45) is 0 Å².